The van der Waals surface area contributed by atoms with Crippen molar-refractivity contribution < 1.29 is 14.3 Å². The normalized spacial score (nSPS) is 13.5. The molecule has 6 nitrogen and oxygen atoms in total. The van der Waals surface area contributed by atoms with Gasteiger partial charge in [-0.05, 0) is 67.4 Å². The van der Waals surface area contributed by atoms with Crippen LogP contribution >= 0.6 is 0 Å². The zero-order valence-corrected chi connectivity index (χ0v) is 19.1. The van der Waals surface area contributed by atoms with Gasteiger partial charge in [0.1, 0.15) is 5.75 Å². The Morgan fingerprint density at radius 2 is 1.61 bits per heavy atom. The third-order valence-corrected chi connectivity index (χ3v) is 5.82. The first-order chi connectivity index (χ1) is 16.0. The van der Waals surface area contributed by atoms with Crippen LogP contribution < -0.4 is 15.0 Å². The molecule has 33 heavy (non-hydrogen) atoms. The Bertz CT molecular complexity index is 1120. The zero-order valence-electron chi connectivity index (χ0n) is 19.1. The van der Waals surface area contributed by atoms with Gasteiger partial charge in [0.05, 0.1) is 0 Å². The molecule has 0 saturated carbocycles. The summed E-state index contributed by atoms with van der Waals surface area (Å²) in [6, 6.07) is 23.1. The minimum absolute atomic E-state index is 0.0396. The number of rotatable bonds is 6. The smallest absolute Gasteiger partial charge is 0.262 e. The number of hydrogen-bond acceptors (Lipinski definition) is 4. The molecular formula is C27H29N3O3. The van der Waals surface area contributed by atoms with Gasteiger partial charge in [-0.15, -0.1) is 0 Å². The fourth-order valence-electron chi connectivity index (χ4n) is 3.96. The van der Waals surface area contributed by atoms with Crippen LogP contribution in [-0.4, -0.2) is 49.5 Å². The molecule has 1 N–H and O–H groups in total. The second-order valence-electron chi connectivity index (χ2n) is 8.29. The minimum atomic E-state index is -0.201. The lowest BCUT2D eigenvalue weighted by Crippen LogP contribution is -2.48. The molecule has 2 amide bonds. The summed E-state index contributed by atoms with van der Waals surface area (Å²) in [5.74, 6) is 0.576. The molecule has 6 heteroatoms. The topological polar surface area (TPSA) is 61.9 Å². The highest BCUT2D eigenvalue weighted by Gasteiger charge is 2.23. The van der Waals surface area contributed by atoms with Gasteiger partial charge in [-0.2, -0.15) is 0 Å². The highest BCUT2D eigenvalue weighted by molar-refractivity contribution is 5.95. The Labute approximate surface area is 194 Å². The van der Waals surface area contributed by atoms with Crippen molar-refractivity contribution in [1.29, 1.82) is 0 Å². The summed E-state index contributed by atoms with van der Waals surface area (Å²) in [7, 11) is 0. The molecule has 1 aliphatic heterocycles. The first kappa shape index (κ1) is 22.4. The van der Waals surface area contributed by atoms with E-state index < -0.39 is 0 Å². The fourth-order valence-corrected chi connectivity index (χ4v) is 3.96. The Morgan fingerprint density at radius 1 is 0.879 bits per heavy atom. The molecule has 1 aliphatic rings. The van der Waals surface area contributed by atoms with E-state index in [4.69, 9.17) is 4.74 Å². The molecule has 0 bridgehead atoms. The fraction of sp³-hybridized carbons (Fsp3) is 0.259. The van der Waals surface area contributed by atoms with Crippen molar-refractivity contribution in [2.45, 2.75) is 13.8 Å². The monoisotopic (exact) mass is 443 g/mol. The largest absolute Gasteiger partial charge is 0.484 e. The van der Waals surface area contributed by atoms with E-state index in [2.05, 4.69) is 10.2 Å². The van der Waals surface area contributed by atoms with Gasteiger partial charge >= 0.3 is 0 Å². The first-order valence-corrected chi connectivity index (χ1v) is 11.2. The zero-order chi connectivity index (χ0) is 23.2. The third-order valence-electron chi connectivity index (χ3n) is 5.82. The molecule has 1 fully saturated rings. The molecular weight excluding hydrogens is 414 g/mol. The maximum atomic E-state index is 12.8. The average molecular weight is 444 g/mol. The molecule has 0 radical (unpaired) electrons. The van der Waals surface area contributed by atoms with Crippen molar-refractivity contribution in [2.75, 3.05) is 43.0 Å². The maximum Gasteiger partial charge on any atom is 0.262 e. The number of benzene rings is 3. The number of nitrogens with zero attached hydrogens (tertiary/aromatic N) is 2. The van der Waals surface area contributed by atoms with Gasteiger partial charge in [0.15, 0.2) is 6.61 Å². The predicted molar refractivity (Wildman–Crippen MR) is 131 cm³/mol. The van der Waals surface area contributed by atoms with Gasteiger partial charge in [-0.1, -0.05) is 30.3 Å². The maximum absolute atomic E-state index is 12.8. The minimum Gasteiger partial charge on any atom is -0.484 e. The quantitative estimate of drug-likeness (QED) is 0.618. The van der Waals surface area contributed by atoms with Crippen molar-refractivity contribution in [1.82, 2.24) is 4.90 Å². The van der Waals surface area contributed by atoms with E-state index in [1.807, 2.05) is 91.5 Å². The van der Waals surface area contributed by atoms with Crippen molar-refractivity contribution in [3.05, 3.63) is 89.5 Å². The molecule has 0 aliphatic carbocycles. The number of nitrogens with one attached hydrogen (secondary N) is 1. The Kier molecular flexibility index (Phi) is 6.93. The van der Waals surface area contributed by atoms with Crippen LogP contribution in [0.15, 0.2) is 72.8 Å². The van der Waals surface area contributed by atoms with Crippen LogP contribution in [0.2, 0.25) is 0 Å². The van der Waals surface area contributed by atoms with Crippen molar-refractivity contribution in [3.63, 3.8) is 0 Å². The number of aryl methyl sites for hydroxylation is 2. The lowest BCUT2D eigenvalue weighted by atomic mass is 10.1. The number of ether oxygens (including phenoxy) is 1. The van der Waals surface area contributed by atoms with Crippen LogP contribution in [-0.2, 0) is 4.79 Å². The van der Waals surface area contributed by atoms with Gasteiger partial charge in [-0.3, -0.25) is 9.59 Å². The lowest BCUT2D eigenvalue weighted by Gasteiger charge is -2.36. The van der Waals surface area contributed by atoms with Crippen molar-refractivity contribution in [2.24, 2.45) is 0 Å². The van der Waals surface area contributed by atoms with E-state index in [9.17, 15) is 9.59 Å². The number of carbonyl (C=O) groups excluding carboxylic acids is 2. The molecule has 3 aromatic rings. The van der Waals surface area contributed by atoms with Crippen LogP contribution in [0.1, 0.15) is 21.5 Å². The number of amides is 2. The van der Waals surface area contributed by atoms with Crippen molar-refractivity contribution in [3.8, 4) is 5.75 Å². The number of piperazine rings is 1. The number of anilines is 2. The first-order valence-electron chi connectivity index (χ1n) is 11.2. The Morgan fingerprint density at radius 3 is 2.30 bits per heavy atom. The molecule has 1 heterocycles. The van der Waals surface area contributed by atoms with Gasteiger partial charge in [-0.25, -0.2) is 0 Å². The van der Waals surface area contributed by atoms with Crippen LogP contribution in [0.5, 0.6) is 5.75 Å². The highest BCUT2D eigenvalue weighted by atomic mass is 16.5. The summed E-state index contributed by atoms with van der Waals surface area (Å²) in [5, 5.41) is 2.87. The Balaban J connectivity index is 1.27. The van der Waals surface area contributed by atoms with E-state index in [0.29, 0.717) is 18.8 Å². The predicted octanol–water partition coefficient (Wildman–Crippen LogP) is 4.28. The van der Waals surface area contributed by atoms with E-state index in [-0.39, 0.29) is 18.4 Å². The summed E-state index contributed by atoms with van der Waals surface area (Å²) in [5.41, 5.74) is 4.67. The average Bonchev–Trinajstić information content (AvgIpc) is 2.83. The highest BCUT2D eigenvalue weighted by Crippen LogP contribution is 2.21. The van der Waals surface area contributed by atoms with E-state index in [1.54, 1.807) is 0 Å². The molecule has 1 saturated heterocycles. The lowest BCUT2D eigenvalue weighted by molar-refractivity contribution is -0.118. The second kappa shape index (κ2) is 10.2. The molecule has 3 aromatic carbocycles. The summed E-state index contributed by atoms with van der Waals surface area (Å²) in [6.45, 7) is 6.82. The van der Waals surface area contributed by atoms with Crippen molar-refractivity contribution >= 4 is 23.2 Å². The van der Waals surface area contributed by atoms with Crippen LogP contribution in [0, 0.1) is 13.8 Å². The van der Waals surface area contributed by atoms with E-state index >= 15 is 0 Å². The van der Waals surface area contributed by atoms with Gasteiger partial charge in [0.25, 0.3) is 11.8 Å². The van der Waals surface area contributed by atoms with Gasteiger partial charge < -0.3 is 19.9 Å². The standard InChI is InChI=1S/C27H29N3O3/c1-20-6-5-8-24(18-20)33-19-26(31)28-22-10-12-23(13-11-22)29-14-16-30(17-15-29)27(32)25-9-4-3-7-21(25)2/h3-13,18H,14-17,19H2,1-2H3,(H,28,31). The van der Waals surface area contributed by atoms with Gasteiger partial charge in [0.2, 0.25) is 0 Å². The van der Waals surface area contributed by atoms with E-state index in [0.717, 1.165) is 41.2 Å². The van der Waals surface area contributed by atoms with E-state index in [1.165, 1.54) is 0 Å². The second-order valence-corrected chi connectivity index (χ2v) is 8.29. The molecule has 0 aromatic heterocycles. The third kappa shape index (κ3) is 5.71. The molecule has 4 rings (SSSR count). The summed E-state index contributed by atoms with van der Waals surface area (Å²) >= 11 is 0. The molecule has 0 spiro atoms. The summed E-state index contributed by atoms with van der Waals surface area (Å²) in [6.07, 6.45) is 0. The molecule has 0 unspecified atom stereocenters. The van der Waals surface area contributed by atoms with Crippen LogP contribution in [0.4, 0.5) is 11.4 Å². The van der Waals surface area contributed by atoms with Gasteiger partial charge in [0, 0.05) is 43.1 Å². The Hall–Kier alpha value is -3.80. The number of hydrogen-bond donors (Lipinski definition) is 1. The summed E-state index contributed by atoms with van der Waals surface area (Å²) in [4.78, 5) is 29.2. The number of carbonyl (C=O) groups is 2. The summed E-state index contributed by atoms with van der Waals surface area (Å²) < 4.78 is 5.56. The van der Waals surface area contributed by atoms with Crippen LogP contribution in [0.3, 0.4) is 0 Å². The molecule has 0 atom stereocenters. The molecule has 170 valence electrons. The SMILES string of the molecule is Cc1cccc(OCC(=O)Nc2ccc(N3CCN(C(=O)c4ccccc4C)CC3)cc2)c1. The van der Waals surface area contributed by atoms with Crippen LogP contribution in [0.25, 0.3) is 0 Å².